The lowest BCUT2D eigenvalue weighted by Crippen LogP contribution is -1.94. The number of nitro benzene ring substituents is 1. The Bertz CT molecular complexity index is 939. The third-order valence-electron chi connectivity index (χ3n) is 4.31. The van der Waals surface area contributed by atoms with Gasteiger partial charge in [-0.1, -0.05) is 23.9 Å². The fourth-order valence-electron chi connectivity index (χ4n) is 3.12. The molecule has 0 radical (unpaired) electrons. The number of thioether (sulfide) groups is 1. The Morgan fingerprint density at radius 3 is 3.04 bits per heavy atom. The van der Waals surface area contributed by atoms with Gasteiger partial charge in [-0.2, -0.15) is 0 Å². The Morgan fingerprint density at radius 2 is 2.21 bits per heavy atom. The van der Waals surface area contributed by atoms with Crippen LogP contribution in [0.4, 0.5) is 5.69 Å². The van der Waals surface area contributed by atoms with Crippen LogP contribution in [-0.2, 0) is 12.8 Å². The fourth-order valence-corrected chi connectivity index (χ4v) is 5.47. The van der Waals surface area contributed by atoms with Gasteiger partial charge in [0.15, 0.2) is 0 Å². The van der Waals surface area contributed by atoms with Crippen molar-refractivity contribution in [1.82, 2.24) is 9.97 Å². The summed E-state index contributed by atoms with van der Waals surface area (Å²) < 4.78 is 0. The van der Waals surface area contributed by atoms with Crippen molar-refractivity contribution in [2.75, 3.05) is 0 Å². The summed E-state index contributed by atoms with van der Waals surface area (Å²) in [4.78, 5) is 22.1. The van der Waals surface area contributed by atoms with Gasteiger partial charge < -0.3 is 0 Å². The van der Waals surface area contributed by atoms with E-state index in [0.29, 0.717) is 0 Å². The molecule has 5 nitrogen and oxygen atoms in total. The lowest BCUT2D eigenvalue weighted by molar-refractivity contribution is -0.384. The van der Waals surface area contributed by atoms with E-state index in [1.54, 1.807) is 41.6 Å². The first-order valence-electron chi connectivity index (χ1n) is 7.79. The molecule has 1 aliphatic carbocycles. The molecule has 24 heavy (non-hydrogen) atoms. The second-order valence-electron chi connectivity index (χ2n) is 5.83. The zero-order chi connectivity index (χ0) is 16.7. The molecule has 0 aliphatic heterocycles. The summed E-state index contributed by atoms with van der Waals surface area (Å²) in [5, 5.41) is 13.2. The summed E-state index contributed by atoms with van der Waals surface area (Å²) in [6, 6.07) is 6.84. The van der Waals surface area contributed by atoms with Crippen LogP contribution in [0.1, 0.15) is 34.6 Å². The van der Waals surface area contributed by atoms with Crippen molar-refractivity contribution >= 4 is 39.0 Å². The van der Waals surface area contributed by atoms with Gasteiger partial charge >= 0.3 is 0 Å². The second-order valence-corrected chi connectivity index (χ2v) is 8.24. The Hall–Kier alpha value is -1.99. The molecular formula is C17H15N3O2S2. The molecule has 0 fully saturated rings. The highest BCUT2D eigenvalue weighted by molar-refractivity contribution is 7.99. The largest absolute Gasteiger partial charge is 0.269 e. The van der Waals surface area contributed by atoms with Gasteiger partial charge in [0.25, 0.3) is 5.69 Å². The molecule has 0 saturated heterocycles. The van der Waals surface area contributed by atoms with Gasteiger partial charge in [0, 0.05) is 27.6 Å². The summed E-state index contributed by atoms with van der Waals surface area (Å²) >= 11 is 3.43. The van der Waals surface area contributed by atoms with Gasteiger partial charge in [0.05, 0.1) is 4.92 Å². The Kier molecular flexibility index (Phi) is 3.97. The molecule has 7 heteroatoms. The maximum atomic E-state index is 11.0. The number of hydrogen-bond acceptors (Lipinski definition) is 6. The molecule has 3 aromatic rings. The van der Waals surface area contributed by atoms with Crippen LogP contribution < -0.4 is 0 Å². The minimum Gasteiger partial charge on any atom is -0.258 e. The van der Waals surface area contributed by atoms with Gasteiger partial charge in [-0.05, 0) is 37.3 Å². The van der Waals surface area contributed by atoms with Crippen molar-refractivity contribution in [2.24, 2.45) is 0 Å². The van der Waals surface area contributed by atoms with E-state index in [4.69, 9.17) is 0 Å². The molecule has 0 saturated carbocycles. The predicted octanol–water partition coefficient (Wildman–Crippen LogP) is 4.94. The minimum atomic E-state index is -0.352. The Balaban J connectivity index is 1.69. The first kappa shape index (κ1) is 15.5. The Morgan fingerprint density at radius 1 is 1.33 bits per heavy atom. The van der Waals surface area contributed by atoms with Crippen molar-refractivity contribution in [2.45, 2.75) is 36.5 Å². The van der Waals surface area contributed by atoms with Crippen LogP contribution in [-0.4, -0.2) is 14.9 Å². The van der Waals surface area contributed by atoms with E-state index in [0.717, 1.165) is 28.3 Å². The van der Waals surface area contributed by atoms with E-state index < -0.39 is 0 Å². The van der Waals surface area contributed by atoms with Crippen LogP contribution in [0.3, 0.4) is 0 Å². The highest BCUT2D eigenvalue weighted by Crippen LogP contribution is 2.43. The van der Waals surface area contributed by atoms with Crippen LogP contribution >= 0.6 is 23.1 Å². The summed E-state index contributed by atoms with van der Waals surface area (Å²) in [6.07, 6.45) is 5.06. The van der Waals surface area contributed by atoms with Gasteiger partial charge in [-0.3, -0.25) is 10.1 Å². The van der Waals surface area contributed by atoms with Crippen LogP contribution in [0.2, 0.25) is 0 Å². The number of hydrogen-bond donors (Lipinski definition) is 0. The maximum Gasteiger partial charge on any atom is 0.269 e. The molecule has 0 bridgehead atoms. The van der Waals surface area contributed by atoms with E-state index in [2.05, 4.69) is 16.9 Å². The first-order chi connectivity index (χ1) is 11.6. The van der Waals surface area contributed by atoms with Gasteiger partial charge in [0.2, 0.25) is 0 Å². The van der Waals surface area contributed by atoms with Crippen LogP contribution in [0.5, 0.6) is 0 Å². The predicted molar refractivity (Wildman–Crippen MR) is 96.8 cm³/mol. The van der Waals surface area contributed by atoms with E-state index in [9.17, 15) is 10.1 Å². The number of rotatable bonds is 4. The standard InChI is InChI=1S/C17H15N3O2S2/c1-10(11-4-2-5-12(8-11)20(21)22)23-16-15-13-6-3-7-14(13)24-17(15)19-9-18-16/h2,4-5,8-10H,3,6-7H2,1H3/t10-/m1/s1. The number of fused-ring (bicyclic) bond motifs is 3. The van der Waals surface area contributed by atoms with Crippen molar-refractivity contribution in [1.29, 1.82) is 0 Å². The molecular weight excluding hydrogens is 342 g/mol. The van der Waals surface area contributed by atoms with Crippen molar-refractivity contribution in [3.05, 3.63) is 56.7 Å². The summed E-state index contributed by atoms with van der Waals surface area (Å²) in [5.74, 6) is 0. The number of non-ortho nitro benzene ring substituents is 1. The minimum absolute atomic E-state index is 0.0833. The average molecular weight is 357 g/mol. The van der Waals surface area contributed by atoms with Gasteiger partial charge in [-0.25, -0.2) is 9.97 Å². The topological polar surface area (TPSA) is 68.9 Å². The average Bonchev–Trinajstić information content (AvgIpc) is 3.16. The molecule has 2 heterocycles. The zero-order valence-electron chi connectivity index (χ0n) is 13.1. The molecule has 1 aromatic carbocycles. The molecule has 122 valence electrons. The van der Waals surface area contributed by atoms with Gasteiger partial charge in [-0.15, -0.1) is 11.3 Å². The Labute approximate surface area is 147 Å². The third-order valence-corrected chi connectivity index (χ3v) is 6.66. The summed E-state index contributed by atoms with van der Waals surface area (Å²) in [7, 11) is 0. The smallest absolute Gasteiger partial charge is 0.258 e. The van der Waals surface area contributed by atoms with Crippen LogP contribution in [0.15, 0.2) is 35.6 Å². The SMILES string of the molecule is C[C@@H](Sc1ncnc2sc3c(c12)CCC3)c1cccc([N+](=O)[O-])c1. The third kappa shape index (κ3) is 2.67. The maximum absolute atomic E-state index is 11.0. The van der Waals surface area contributed by atoms with Crippen molar-refractivity contribution in [3.63, 3.8) is 0 Å². The molecule has 0 unspecified atom stereocenters. The number of aromatic nitrogens is 2. The monoisotopic (exact) mass is 357 g/mol. The molecule has 0 spiro atoms. The lowest BCUT2D eigenvalue weighted by Gasteiger charge is -2.12. The fraction of sp³-hybridized carbons (Fsp3) is 0.294. The van der Waals surface area contributed by atoms with Gasteiger partial charge in [0.1, 0.15) is 16.2 Å². The summed E-state index contributed by atoms with van der Waals surface area (Å²) in [6.45, 7) is 2.06. The lowest BCUT2D eigenvalue weighted by atomic mass is 10.1. The van der Waals surface area contributed by atoms with E-state index in [-0.39, 0.29) is 15.9 Å². The first-order valence-corrected chi connectivity index (χ1v) is 9.49. The van der Waals surface area contributed by atoms with E-state index in [1.807, 2.05) is 6.07 Å². The highest BCUT2D eigenvalue weighted by atomic mass is 32.2. The molecule has 4 rings (SSSR count). The number of aryl methyl sites for hydroxylation is 2. The number of benzene rings is 1. The van der Waals surface area contributed by atoms with Crippen molar-refractivity contribution in [3.8, 4) is 0 Å². The summed E-state index contributed by atoms with van der Waals surface area (Å²) in [5.41, 5.74) is 2.47. The normalized spacial score (nSPS) is 14.7. The number of nitrogens with zero attached hydrogens (tertiary/aromatic N) is 3. The van der Waals surface area contributed by atoms with Crippen LogP contribution in [0, 0.1) is 10.1 Å². The highest BCUT2D eigenvalue weighted by Gasteiger charge is 2.22. The van der Waals surface area contributed by atoms with Crippen LogP contribution in [0.25, 0.3) is 10.2 Å². The number of thiophene rings is 1. The molecule has 2 aromatic heterocycles. The molecule has 0 amide bonds. The molecule has 1 atom stereocenters. The molecule has 0 N–H and O–H groups in total. The van der Waals surface area contributed by atoms with Crippen molar-refractivity contribution < 1.29 is 4.92 Å². The quantitative estimate of drug-likeness (QED) is 0.286. The van der Waals surface area contributed by atoms with E-state index >= 15 is 0 Å². The zero-order valence-corrected chi connectivity index (χ0v) is 14.7. The number of nitro groups is 1. The molecule has 1 aliphatic rings. The van der Waals surface area contributed by atoms with E-state index in [1.165, 1.54) is 28.3 Å². The second kappa shape index (κ2) is 6.14.